The molecule has 0 radical (unpaired) electrons. The molecule has 0 fully saturated rings. The van der Waals surface area contributed by atoms with Crippen molar-refractivity contribution >= 4 is 5.91 Å². The van der Waals surface area contributed by atoms with Gasteiger partial charge in [-0.3, -0.25) is 4.79 Å². The van der Waals surface area contributed by atoms with E-state index >= 15 is 0 Å². The summed E-state index contributed by atoms with van der Waals surface area (Å²) < 4.78 is 37.3. The van der Waals surface area contributed by atoms with E-state index in [2.05, 4.69) is 5.32 Å². The molecule has 1 aliphatic heterocycles. The van der Waals surface area contributed by atoms with E-state index in [1.54, 1.807) is 24.3 Å². The Balaban J connectivity index is 1.61. The first-order chi connectivity index (χ1) is 11.1. The zero-order valence-electron chi connectivity index (χ0n) is 12.4. The van der Waals surface area contributed by atoms with Crippen molar-refractivity contribution in [1.82, 2.24) is 5.32 Å². The number of fused-ring (bicyclic) bond motifs is 1. The minimum atomic E-state index is -0.721. The number of hydrogen-bond acceptors (Lipinski definition) is 3. The highest BCUT2D eigenvalue weighted by atomic mass is 19.1. The Labute approximate surface area is 132 Å². The summed E-state index contributed by atoms with van der Waals surface area (Å²) >= 11 is 0. The summed E-state index contributed by atoms with van der Waals surface area (Å²) in [5.41, 5.74) is 0.931. The summed E-state index contributed by atoms with van der Waals surface area (Å²) in [5.74, 6) is -0.991. The van der Waals surface area contributed by atoms with Gasteiger partial charge in [-0.25, -0.2) is 8.78 Å². The van der Waals surface area contributed by atoms with Gasteiger partial charge < -0.3 is 14.8 Å². The molecule has 1 heterocycles. The van der Waals surface area contributed by atoms with Crippen molar-refractivity contribution in [2.24, 2.45) is 0 Å². The van der Waals surface area contributed by atoms with Gasteiger partial charge >= 0.3 is 0 Å². The number of amides is 1. The molecule has 1 atom stereocenters. The Morgan fingerprint density at radius 2 is 2.17 bits per heavy atom. The second-order valence-corrected chi connectivity index (χ2v) is 5.26. The minimum Gasteiger partial charge on any atom is -0.497 e. The van der Waals surface area contributed by atoms with Gasteiger partial charge in [-0.05, 0) is 24.3 Å². The quantitative estimate of drug-likeness (QED) is 0.942. The Bertz CT molecular complexity index is 749. The molecule has 1 amide bonds. The summed E-state index contributed by atoms with van der Waals surface area (Å²) in [6, 6.07) is 8.78. The van der Waals surface area contributed by atoms with Gasteiger partial charge in [0.25, 0.3) is 5.91 Å². The number of methoxy groups -OCH3 is 1. The van der Waals surface area contributed by atoms with Gasteiger partial charge in [-0.2, -0.15) is 0 Å². The van der Waals surface area contributed by atoms with Crippen LogP contribution >= 0.6 is 0 Å². The topological polar surface area (TPSA) is 47.6 Å². The molecular formula is C17H15F2NO3. The third-order valence-corrected chi connectivity index (χ3v) is 3.64. The maximum atomic E-state index is 13.6. The fourth-order valence-corrected chi connectivity index (χ4v) is 2.54. The maximum absolute atomic E-state index is 13.6. The monoisotopic (exact) mass is 319 g/mol. The molecule has 4 nitrogen and oxygen atoms in total. The summed E-state index contributed by atoms with van der Waals surface area (Å²) in [5, 5.41) is 2.73. The Kier molecular flexibility index (Phi) is 4.14. The van der Waals surface area contributed by atoms with E-state index < -0.39 is 17.7 Å². The van der Waals surface area contributed by atoms with Crippen LogP contribution in [0.2, 0.25) is 0 Å². The van der Waals surface area contributed by atoms with Crippen molar-refractivity contribution in [1.29, 1.82) is 0 Å². The number of benzene rings is 2. The summed E-state index contributed by atoms with van der Waals surface area (Å²) in [4.78, 5) is 12.1. The third kappa shape index (κ3) is 3.26. The first kappa shape index (κ1) is 15.3. The number of halogens is 2. The molecule has 1 unspecified atom stereocenters. The van der Waals surface area contributed by atoms with E-state index in [9.17, 15) is 13.6 Å². The van der Waals surface area contributed by atoms with Crippen LogP contribution in [0.25, 0.3) is 0 Å². The third-order valence-electron chi connectivity index (χ3n) is 3.64. The largest absolute Gasteiger partial charge is 0.497 e. The van der Waals surface area contributed by atoms with Crippen LogP contribution in [0.1, 0.15) is 15.9 Å². The van der Waals surface area contributed by atoms with Crippen LogP contribution in [0.3, 0.4) is 0 Å². The number of carbonyl (C=O) groups excluding carboxylic acids is 1. The van der Waals surface area contributed by atoms with E-state index in [1.165, 1.54) is 13.2 Å². The SMILES string of the molecule is COc1cccc(C(=O)NCC2Cc3cc(F)cc(F)c3O2)c1. The van der Waals surface area contributed by atoms with Crippen molar-refractivity contribution < 1.29 is 23.0 Å². The van der Waals surface area contributed by atoms with Crippen molar-refractivity contribution in [3.63, 3.8) is 0 Å². The summed E-state index contributed by atoms with van der Waals surface area (Å²) in [6.45, 7) is 0.200. The van der Waals surface area contributed by atoms with Gasteiger partial charge in [0.1, 0.15) is 17.7 Å². The lowest BCUT2D eigenvalue weighted by atomic mass is 10.1. The number of ether oxygens (including phenoxy) is 2. The predicted octanol–water partition coefficient (Wildman–Crippen LogP) is 2.71. The average molecular weight is 319 g/mol. The predicted molar refractivity (Wildman–Crippen MR) is 79.8 cm³/mol. The van der Waals surface area contributed by atoms with Crippen LogP contribution in [0.4, 0.5) is 8.78 Å². The number of carbonyl (C=O) groups is 1. The Morgan fingerprint density at radius 1 is 1.35 bits per heavy atom. The molecule has 2 aromatic rings. The van der Waals surface area contributed by atoms with Crippen molar-refractivity contribution in [3.8, 4) is 11.5 Å². The molecule has 1 aliphatic rings. The molecule has 0 bridgehead atoms. The van der Waals surface area contributed by atoms with E-state index in [1.807, 2.05) is 0 Å². The zero-order valence-corrected chi connectivity index (χ0v) is 12.4. The number of nitrogens with one attached hydrogen (secondary N) is 1. The van der Waals surface area contributed by atoms with Gasteiger partial charge in [-0.15, -0.1) is 0 Å². The zero-order chi connectivity index (χ0) is 16.4. The molecular weight excluding hydrogens is 304 g/mol. The highest BCUT2D eigenvalue weighted by molar-refractivity contribution is 5.94. The Morgan fingerprint density at radius 3 is 2.96 bits per heavy atom. The molecule has 0 aromatic heterocycles. The molecule has 23 heavy (non-hydrogen) atoms. The smallest absolute Gasteiger partial charge is 0.251 e. The molecule has 6 heteroatoms. The maximum Gasteiger partial charge on any atom is 0.251 e. The molecule has 0 aliphatic carbocycles. The van der Waals surface area contributed by atoms with Gasteiger partial charge in [0.2, 0.25) is 0 Å². The minimum absolute atomic E-state index is 0.0621. The van der Waals surface area contributed by atoms with Gasteiger partial charge in [0, 0.05) is 23.6 Å². The first-order valence-corrected chi connectivity index (χ1v) is 7.13. The van der Waals surface area contributed by atoms with Crippen LogP contribution in [-0.2, 0) is 6.42 Å². The molecule has 2 aromatic carbocycles. The van der Waals surface area contributed by atoms with E-state index in [-0.39, 0.29) is 18.2 Å². The second-order valence-electron chi connectivity index (χ2n) is 5.26. The Hall–Kier alpha value is -2.63. The summed E-state index contributed by atoms with van der Waals surface area (Å²) in [7, 11) is 1.52. The average Bonchev–Trinajstić information content (AvgIpc) is 2.96. The molecule has 0 spiro atoms. The van der Waals surface area contributed by atoms with E-state index in [0.717, 1.165) is 6.07 Å². The number of rotatable bonds is 4. The standard InChI is InChI=1S/C17H15F2NO3/c1-22-13-4-2-3-10(6-13)17(21)20-9-14-7-11-5-12(18)8-15(19)16(11)23-14/h2-6,8,14H,7,9H2,1H3,(H,20,21). The van der Waals surface area contributed by atoms with E-state index in [4.69, 9.17) is 9.47 Å². The van der Waals surface area contributed by atoms with Crippen molar-refractivity contribution in [3.05, 3.63) is 59.2 Å². The first-order valence-electron chi connectivity index (χ1n) is 7.13. The van der Waals surface area contributed by atoms with Crippen LogP contribution in [0, 0.1) is 11.6 Å². The summed E-state index contributed by atoms with van der Waals surface area (Å²) in [6.07, 6.45) is -0.0709. The lowest BCUT2D eigenvalue weighted by molar-refractivity contribution is 0.0932. The molecule has 120 valence electrons. The molecule has 3 rings (SSSR count). The van der Waals surface area contributed by atoms with Crippen LogP contribution in [0.5, 0.6) is 11.5 Å². The van der Waals surface area contributed by atoms with E-state index in [0.29, 0.717) is 23.3 Å². The highest BCUT2D eigenvalue weighted by Crippen LogP contribution is 2.32. The van der Waals surface area contributed by atoms with Crippen molar-refractivity contribution in [2.45, 2.75) is 12.5 Å². The van der Waals surface area contributed by atoms with Crippen LogP contribution in [-0.4, -0.2) is 25.7 Å². The number of hydrogen-bond donors (Lipinski definition) is 1. The van der Waals surface area contributed by atoms with Gasteiger partial charge in [-0.1, -0.05) is 6.07 Å². The normalized spacial score (nSPS) is 15.7. The highest BCUT2D eigenvalue weighted by Gasteiger charge is 2.27. The lowest BCUT2D eigenvalue weighted by Gasteiger charge is -2.12. The fourth-order valence-electron chi connectivity index (χ4n) is 2.54. The van der Waals surface area contributed by atoms with Crippen molar-refractivity contribution in [2.75, 3.05) is 13.7 Å². The van der Waals surface area contributed by atoms with Crippen LogP contribution < -0.4 is 14.8 Å². The second kappa shape index (κ2) is 6.24. The molecule has 0 saturated heterocycles. The molecule has 1 N–H and O–H groups in total. The van der Waals surface area contributed by atoms with Crippen LogP contribution in [0.15, 0.2) is 36.4 Å². The molecule has 0 saturated carbocycles. The fraction of sp³-hybridized carbons (Fsp3) is 0.235. The van der Waals surface area contributed by atoms with Gasteiger partial charge in [0.15, 0.2) is 11.6 Å². The van der Waals surface area contributed by atoms with Gasteiger partial charge in [0.05, 0.1) is 13.7 Å². The lowest BCUT2D eigenvalue weighted by Crippen LogP contribution is -2.34.